The maximum Gasteiger partial charge on any atom is 0.375 e. The minimum Gasteiger partial charge on any atom is -0.495 e. The Hall–Kier alpha value is -4.59. The maximum absolute atomic E-state index is 12.8. The van der Waals surface area contributed by atoms with E-state index < -0.39 is 18.0 Å². The van der Waals surface area contributed by atoms with Gasteiger partial charge in [0.15, 0.2) is 11.5 Å². The van der Waals surface area contributed by atoms with Crippen LogP contribution < -0.4 is 15.5 Å². The summed E-state index contributed by atoms with van der Waals surface area (Å²) in [5.74, 6) is -1.38. The maximum atomic E-state index is 12.8. The monoisotopic (exact) mass is 457 g/mol. The van der Waals surface area contributed by atoms with Crippen LogP contribution in [0, 0.1) is 0 Å². The standard InChI is InChI=1S/C26H19NO7/c1-14(32-26(30)24-13-19(28)16-8-4-6-10-21(16)34-24)25(29)27-18-12-22-17(11-23(18)31-2)15-7-3-5-9-20(15)33-22/h3-14H,1-2H3,(H,27,29). The topological polar surface area (TPSA) is 108 Å². The number of benzene rings is 3. The SMILES string of the molecule is COc1cc2c(cc1NC(=O)C(C)OC(=O)c1cc(=O)c3ccccc3o1)oc1ccccc12. The number of rotatable bonds is 5. The molecule has 0 bridgehead atoms. The minimum absolute atomic E-state index is 0.253. The average molecular weight is 457 g/mol. The van der Waals surface area contributed by atoms with E-state index in [1.807, 2.05) is 24.3 Å². The van der Waals surface area contributed by atoms with Gasteiger partial charge in [0, 0.05) is 22.9 Å². The molecule has 1 atom stereocenters. The third-order valence-corrected chi connectivity index (χ3v) is 5.45. The van der Waals surface area contributed by atoms with Crippen molar-refractivity contribution in [3.05, 3.63) is 82.7 Å². The third-order valence-electron chi connectivity index (χ3n) is 5.45. The summed E-state index contributed by atoms with van der Waals surface area (Å²) in [5, 5.41) is 4.82. The lowest BCUT2D eigenvalue weighted by Crippen LogP contribution is -2.30. The van der Waals surface area contributed by atoms with Crippen LogP contribution in [0.5, 0.6) is 5.75 Å². The number of carbonyl (C=O) groups is 2. The van der Waals surface area contributed by atoms with E-state index in [9.17, 15) is 14.4 Å². The molecule has 5 aromatic rings. The zero-order valence-electron chi connectivity index (χ0n) is 18.3. The Kier molecular flexibility index (Phi) is 5.25. The number of hydrogen-bond donors (Lipinski definition) is 1. The summed E-state index contributed by atoms with van der Waals surface area (Å²) in [4.78, 5) is 37.5. The Bertz CT molecular complexity index is 1630. The number of nitrogens with one attached hydrogen (secondary N) is 1. The largest absolute Gasteiger partial charge is 0.495 e. The third kappa shape index (κ3) is 3.75. The summed E-state index contributed by atoms with van der Waals surface area (Å²) >= 11 is 0. The zero-order valence-corrected chi connectivity index (χ0v) is 18.3. The lowest BCUT2D eigenvalue weighted by molar-refractivity contribution is -0.123. The van der Waals surface area contributed by atoms with Gasteiger partial charge in [0.1, 0.15) is 22.5 Å². The summed E-state index contributed by atoms with van der Waals surface area (Å²) in [6.07, 6.45) is -1.18. The van der Waals surface area contributed by atoms with Gasteiger partial charge in [-0.2, -0.15) is 0 Å². The highest BCUT2D eigenvalue weighted by atomic mass is 16.6. The van der Waals surface area contributed by atoms with Gasteiger partial charge in [-0.1, -0.05) is 30.3 Å². The van der Waals surface area contributed by atoms with Gasteiger partial charge < -0.3 is 23.6 Å². The van der Waals surface area contributed by atoms with E-state index in [1.54, 1.807) is 36.4 Å². The number of methoxy groups -OCH3 is 1. The molecule has 3 aromatic carbocycles. The van der Waals surface area contributed by atoms with Crippen molar-refractivity contribution < 1.29 is 27.9 Å². The van der Waals surface area contributed by atoms with Crippen molar-refractivity contribution in [2.75, 3.05) is 12.4 Å². The van der Waals surface area contributed by atoms with Crippen molar-refractivity contribution in [2.24, 2.45) is 0 Å². The Morgan fingerprint density at radius 1 is 0.853 bits per heavy atom. The Labute approximate surface area is 192 Å². The van der Waals surface area contributed by atoms with Crippen molar-refractivity contribution in [3.63, 3.8) is 0 Å². The van der Waals surface area contributed by atoms with Crippen LogP contribution in [0.25, 0.3) is 32.9 Å². The Morgan fingerprint density at radius 3 is 2.26 bits per heavy atom. The van der Waals surface area contributed by atoms with Gasteiger partial charge in [-0.25, -0.2) is 4.79 Å². The van der Waals surface area contributed by atoms with Crippen LogP contribution in [0.1, 0.15) is 17.5 Å². The number of fused-ring (bicyclic) bond motifs is 4. The predicted octanol–water partition coefficient (Wildman–Crippen LogP) is 4.89. The highest BCUT2D eigenvalue weighted by Gasteiger charge is 2.23. The molecule has 2 aromatic heterocycles. The second-order valence-electron chi connectivity index (χ2n) is 7.65. The molecule has 2 heterocycles. The van der Waals surface area contributed by atoms with Crippen LogP contribution >= 0.6 is 0 Å². The number of esters is 1. The second kappa shape index (κ2) is 8.40. The quantitative estimate of drug-likeness (QED) is 0.375. The van der Waals surface area contributed by atoms with Gasteiger partial charge >= 0.3 is 5.97 Å². The number of amides is 1. The molecule has 8 heteroatoms. The van der Waals surface area contributed by atoms with Crippen LogP contribution in [0.3, 0.4) is 0 Å². The van der Waals surface area contributed by atoms with Gasteiger partial charge in [-0.15, -0.1) is 0 Å². The van der Waals surface area contributed by atoms with Crippen LogP contribution in [-0.4, -0.2) is 25.1 Å². The first-order valence-electron chi connectivity index (χ1n) is 10.5. The summed E-state index contributed by atoms with van der Waals surface area (Å²) in [5.41, 5.74) is 1.51. The first-order chi connectivity index (χ1) is 16.4. The summed E-state index contributed by atoms with van der Waals surface area (Å²) < 4.78 is 22.0. The van der Waals surface area contributed by atoms with E-state index in [-0.39, 0.29) is 16.8 Å². The first-order valence-corrected chi connectivity index (χ1v) is 10.5. The van der Waals surface area contributed by atoms with E-state index in [4.69, 9.17) is 18.3 Å². The molecule has 1 amide bonds. The molecule has 0 saturated heterocycles. The van der Waals surface area contributed by atoms with Gasteiger partial charge in [0.25, 0.3) is 5.91 Å². The molecule has 0 fully saturated rings. The Balaban J connectivity index is 1.37. The smallest absolute Gasteiger partial charge is 0.375 e. The predicted molar refractivity (Wildman–Crippen MR) is 126 cm³/mol. The molecule has 0 aliphatic carbocycles. The fourth-order valence-electron chi connectivity index (χ4n) is 3.73. The molecule has 1 N–H and O–H groups in total. The van der Waals surface area contributed by atoms with Crippen LogP contribution in [0.15, 0.2) is 80.4 Å². The van der Waals surface area contributed by atoms with E-state index in [2.05, 4.69) is 5.32 Å². The number of carbonyl (C=O) groups excluding carboxylic acids is 2. The molecule has 0 spiro atoms. The number of hydrogen-bond acceptors (Lipinski definition) is 7. The van der Waals surface area contributed by atoms with Crippen molar-refractivity contribution in [1.29, 1.82) is 0 Å². The molecule has 8 nitrogen and oxygen atoms in total. The van der Waals surface area contributed by atoms with E-state index >= 15 is 0 Å². The van der Waals surface area contributed by atoms with Crippen molar-refractivity contribution >= 4 is 50.5 Å². The van der Waals surface area contributed by atoms with E-state index in [0.717, 1.165) is 16.8 Å². The lowest BCUT2D eigenvalue weighted by Gasteiger charge is -2.15. The first kappa shape index (κ1) is 21.3. The number of anilines is 1. The molecular weight excluding hydrogens is 438 g/mol. The van der Waals surface area contributed by atoms with Crippen molar-refractivity contribution in [2.45, 2.75) is 13.0 Å². The van der Waals surface area contributed by atoms with E-state index in [0.29, 0.717) is 28.0 Å². The average Bonchev–Trinajstić information content (AvgIpc) is 3.20. The zero-order chi connectivity index (χ0) is 23.8. The van der Waals surface area contributed by atoms with Crippen LogP contribution in [0.4, 0.5) is 5.69 Å². The lowest BCUT2D eigenvalue weighted by atomic mass is 10.1. The number of furan rings is 1. The molecule has 0 saturated carbocycles. The summed E-state index contributed by atoms with van der Waals surface area (Å²) in [6.45, 7) is 1.42. The molecule has 34 heavy (non-hydrogen) atoms. The van der Waals surface area contributed by atoms with Crippen molar-refractivity contribution in [3.8, 4) is 5.75 Å². The molecule has 1 unspecified atom stereocenters. The highest BCUT2D eigenvalue weighted by molar-refractivity contribution is 6.08. The molecule has 5 rings (SSSR count). The summed E-state index contributed by atoms with van der Waals surface area (Å²) in [6, 6.07) is 18.6. The fraction of sp³-hybridized carbons (Fsp3) is 0.115. The molecular formula is C26H19NO7. The van der Waals surface area contributed by atoms with Crippen molar-refractivity contribution in [1.82, 2.24) is 0 Å². The number of para-hydroxylation sites is 2. The normalized spacial score (nSPS) is 12.1. The molecule has 0 aliphatic rings. The van der Waals surface area contributed by atoms with Gasteiger partial charge in [0.05, 0.1) is 18.2 Å². The van der Waals surface area contributed by atoms with Gasteiger partial charge in [0.2, 0.25) is 5.76 Å². The van der Waals surface area contributed by atoms with E-state index in [1.165, 1.54) is 14.0 Å². The second-order valence-corrected chi connectivity index (χ2v) is 7.65. The molecule has 0 radical (unpaired) electrons. The van der Waals surface area contributed by atoms with Crippen LogP contribution in [0.2, 0.25) is 0 Å². The number of ether oxygens (including phenoxy) is 2. The molecule has 0 aliphatic heterocycles. The minimum atomic E-state index is -1.18. The fourth-order valence-corrected chi connectivity index (χ4v) is 3.73. The Morgan fingerprint density at radius 2 is 1.53 bits per heavy atom. The molecule has 170 valence electrons. The van der Waals surface area contributed by atoms with Gasteiger partial charge in [-0.05, 0) is 31.2 Å². The van der Waals surface area contributed by atoms with Gasteiger partial charge in [-0.3, -0.25) is 9.59 Å². The van der Waals surface area contributed by atoms with Crippen LogP contribution in [-0.2, 0) is 9.53 Å². The highest BCUT2D eigenvalue weighted by Crippen LogP contribution is 2.36. The summed E-state index contributed by atoms with van der Waals surface area (Å²) in [7, 11) is 1.49.